The predicted molar refractivity (Wildman–Crippen MR) is 68.3 cm³/mol. The predicted octanol–water partition coefficient (Wildman–Crippen LogP) is 1.87. The van der Waals surface area contributed by atoms with Crippen LogP contribution in [-0.2, 0) is 23.0 Å². The fourth-order valence-corrected chi connectivity index (χ4v) is 2.65. The molecule has 0 atom stereocenters. The third-order valence-corrected chi connectivity index (χ3v) is 4.15. The van der Waals surface area contributed by atoms with Crippen LogP contribution >= 0.6 is 0 Å². The molecule has 1 aromatic heterocycles. The van der Waals surface area contributed by atoms with Gasteiger partial charge in [0.25, 0.3) is 0 Å². The van der Waals surface area contributed by atoms with Crippen molar-refractivity contribution in [3.8, 4) is 0 Å². The second-order valence-electron chi connectivity index (χ2n) is 4.26. The van der Waals surface area contributed by atoms with Crippen LogP contribution in [0, 0.1) is 17.5 Å². The molecule has 0 aliphatic carbocycles. The Bertz CT molecular complexity index is 736. The van der Waals surface area contributed by atoms with Crippen molar-refractivity contribution in [2.45, 2.75) is 24.8 Å². The Morgan fingerprint density at radius 3 is 2.33 bits per heavy atom. The number of H-pyrrole nitrogens is 1. The number of rotatable bonds is 5. The summed E-state index contributed by atoms with van der Waals surface area (Å²) in [6.07, 6.45) is 0.678. The number of benzene rings is 1. The smallest absolute Gasteiger partial charge is 0.241 e. The minimum Gasteiger partial charge on any atom is -0.281 e. The number of aryl methyl sites for hydroxylation is 1. The molecule has 0 amide bonds. The highest BCUT2D eigenvalue weighted by Crippen LogP contribution is 2.17. The molecule has 1 aromatic carbocycles. The molecule has 5 nitrogen and oxygen atoms in total. The normalized spacial score (nSPS) is 11.8. The number of hydrogen-bond donors (Lipinski definition) is 2. The number of hydrogen-bond acceptors (Lipinski definition) is 3. The SMILES string of the molecule is CCc1cc(CNS(=O)(=O)c2cc(F)c(F)c(F)c2)[nH]n1. The van der Waals surface area contributed by atoms with E-state index in [1.165, 1.54) is 0 Å². The van der Waals surface area contributed by atoms with Crippen molar-refractivity contribution in [1.29, 1.82) is 0 Å². The lowest BCUT2D eigenvalue weighted by Crippen LogP contribution is -2.24. The maximum Gasteiger partial charge on any atom is 0.241 e. The minimum absolute atomic E-state index is 0.129. The largest absolute Gasteiger partial charge is 0.281 e. The molecule has 0 aliphatic rings. The van der Waals surface area contributed by atoms with Gasteiger partial charge in [0.1, 0.15) is 0 Å². The lowest BCUT2D eigenvalue weighted by Gasteiger charge is -2.06. The quantitative estimate of drug-likeness (QED) is 0.826. The number of sulfonamides is 1. The molecule has 114 valence electrons. The molecule has 2 rings (SSSR count). The van der Waals surface area contributed by atoms with Crippen molar-refractivity contribution in [2.24, 2.45) is 0 Å². The van der Waals surface area contributed by atoms with Gasteiger partial charge in [-0.25, -0.2) is 26.3 Å². The lowest BCUT2D eigenvalue weighted by molar-refractivity contribution is 0.442. The van der Waals surface area contributed by atoms with Crippen LogP contribution in [0.25, 0.3) is 0 Å². The molecule has 0 saturated carbocycles. The van der Waals surface area contributed by atoms with Crippen LogP contribution in [0.15, 0.2) is 23.1 Å². The van der Waals surface area contributed by atoms with Crippen LogP contribution in [0.5, 0.6) is 0 Å². The van der Waals surface area contributed by atoms with Gasteiger partial charge in [-0.05, 0) is 24.6 Å². The average Bonchev–Trinajstić information content (AvgIpc) is 2.90. The van der Waals surface area contributed by atoms with Crippen LogP contribution in [0.2, 0.25) is 0 Å². The van der Waals surface area contributed by atoms with E-state index in [1.807, 2.05) is 6.92 Å². The Morgan fingerprint density at radius 1 is 1.19 bits per heavy atom. The maximum atomic E-state index is 13.1. The van der Waals surface area contributed by atoms with E-state index in [4.69, 9.17) is 0 Å². The Hall–Kier alpha value is -1.87. The van der Waals surface area contributed by atoms with E-state index >= 15 is 0 Å². The van der Waals surface area contributed by atoms with Gasteiger partial charge in [0.05, 0.1) is 22.8 Å². The fourth-order valence-electron chi connectivity index (χ4n) is 1.62. The van der Waals surface area contributed by atoms with Gasteiger partial charge in [-0.1, -0.05) is 6.92 Å². The zero-order valence-electron chi connectivity index (χ0n) is 11.0. The summed E-state index contributed by atoms with van der Waals surface area (Å²) in [5.41, 5.74) is 1.25. The highest BCUT2D eigenvalue weighted by molar-refractivity contribution is 7.89. The molecule has 9 heteroatoms. The van der Waals surface area contributed by atoms with E-state index in [9.17, 15) is 21.6 Å². The topological polar surface area (TPSA) is 74.8 Å². The van der Waals surface area contributed by atoms with Crippen molar-refractivity contribution in [3.05, 3.63) is 47.0 Å². The second kappa shape index (κ2) is 5.86. The Kier molecular flexibility index (Phi) is 4.33. The standard InChI is InChI=1S/C12H12F3N3O2S/c1-2-7-3-8(18-17-7)6-16-21(19,20)9-4-10(13)12(15)11(14)5-9/h3-5,16H,2,6H2,1H3,(H,17,18). The van der Waals surface area contributed by atoms with Crippen molar-refractivity contribution in [3.63, 3.8) is 0 Å². The van der Waals surface area contributed by atoms with Gasteiger partial charge >= 0.3 is 0 Å². The summed E-state index contributed by atoms with van der Waals surface area (Å²) in [5.74, 6) is -4.84. The molecular weight excluding hydrogens is 307 g/mol. The molecule has 2 aromatic rings. The fraction of sp³-hybridized carbons (Fsp3) is 0.250. The summed E-state index contributed by atoms with van der Waals surface area (Å²) < 4.78 is 64.9. The zero-order chi connectivity index (χ0) is 15.6. The highest BCUT2D eigenvalue weighted by Gasteiger charge is 2.20. The van der Waals surface area contributed by atoms with E-state index < -0.39 is 32.4 Å². The van der Waals surface area contributed by atoms with Crippen LogP contribution in [0.4, 0.5) is 13.2 Å². The summed E-state index contributed by atoms with van der Waals surface area (Å²) >= 11 is 0. The first kappa shape index (κ1) is 15.5. The molecule has 0 fully saturated rings. The van der Waals surface area contributed by atoms with Crippen LogP contribution in [0.3, 0.4) is 0 Å². The Balaban J connectivity index is 2.18. The third-order valence-electron chi connectivity index (χ3n) is 2.77. The minimum atomic E-state index is -4.16. The molecule has 0 bridgehead atoms. The Morgan fingerprint density at radius 2 is 1.81 bits per heavy atom. The Labute approximate surface area is 119 Å². The van der Waals surface area contributed by atoms with Crippen molar-refractivity contribution in [2.75, 3.05) is 0 Å². The van der Waals surface area contributed by atoms with Gasteiger partial charge in [-0.2, -0.15) is 5.10 Å². The number of nitrogens with zero attached hydrogens (tertiary/aromatic N) is 1. The van der Waals surface area contributed by atoms with Crippen molar-refractivity contribution >= 4 is 10.0 Å². The van der Waals surface area contributed by atoms with Crippen LogP contribution in [-0.4, -0.2) is 18.6 Å². The molecule has 0 saturated heterocycles. The van der Waals surface area contributed by atoms with E-state index in [0.29, 0.717) is 24.2 Å². The van der Waals surface area contributed by atoms with Gasteiger partial charge in [-0.3, -0.25) is 5.10 Å². The van der Waals surface area contributed by atoms with Crippen molar-refractivity contribution in [1.82, 2.24) is 14.9 Å². The van der Waals surface area contributed by atoms with Crippen LogP contribution < -0.4 is 4.72 Å². The first-order valence-corrected chi connectivity index (χ1v) is 7.49. The molecular formula is C12H12F3N3O2S. The molecule has 0 radical (unpaired) electrons. The second-order valence-corrected chi connectivity index (χ2v) is 6.03. The molecule has 0 spiro atoms. The summed E-state index contributed by atoms with van der Waals surface area (Å²) in [6, 6.07) is 2.50. The van der Waals surface area contributed by atoms with Gasteiger partial charge in [0, 0.05) is 0 Å². The number of nitrogens with one attached hydrogen (secondary N) is 2. The van der Waals surface area contributed by atoms with Crippen molar-refractivity contribution < 1.29 is 21.6 Å². The number of aromatic amines is 1. The summed E-state index contributed by atoms with van der Waals surface area (Å²) in [6.45, 7) is 1.75. The van der Waals surface area contributed by atoms with Gasteiger partial charge in [-0.15, -0.1) is 0 Å². The van der Waals surface area contributed by atoms with E-state index in [2.05, 4.69) is 14.9 Å². The summed E-state index contributed by atoms with van der Waals surface area (Å²) in [5, 5.41) is 6.55. The summed E-state index contributed by atoms with van der Waals surface area (Å²) in [7, 11) is -4.16. The zero-order valence-corrected chi connectivity index (χ0v) is 11.8. The summed E-state index contributed by atoms with van der Waals surface area (Å²) in [4.78, 5) is -0.686. The average molecular weight is 319 g/mol. The third kappa shape index (κ3) is 3.42. The highest BCUT2D eigenvalue weighted by atomic mass is 32.2. The first-order valence-electron chi connectivity index (χ1n) is 6.01. The maximum absolute atomic E-state index is 13.1. The van der Waals surface area contributed by atoms with Gasteiger partial charge < -0.3 is 0 Å². The number of aromatic nitrogens is 2. The molecule has 21 heavy (non-hydrogen) atoms. The van der Waals surface area contributed by atoms with Crippen LogP contribution in [0.1, 0.15) is 18.3 Å². The van der Waals surface area contributed by atoms with E-state index in [1.54, 1.807) is 6.07 Å². The molecule has 2 N–H and O–H groups in total. The molecule has 1 heterocycles. The van der Waals surface area contributed by atoms with Gasteiger partial charge in [0.15, 0.2) is 17.5 Å². The van der Waals surface area contributed by atoms with E-state index in [0.717, 1.165) is 5.69 Å². The van der Waals surface area contributed by atoms with Gasteiger partial charge in [0.2, 0.25) is 10.0 Å². The molecule has 0 aliphatic heterocycles. The lowest BCUT2D eigenvalue weighted by atomic mass is 10.3. The van der Waals surface area contributed by atoms with E-state index in [-0.39, 0.29) is 6.54 Å². The first-order chi connectivity index (χ1) is 9.83. The number of halogens is 3. The molecule has 0 unspecified atom stereocenters. The monoisotopic (exact) mass is 319 g/mol.